The molecule has 0 aliphatic heterocycles. The number of allylic oxidation sites excluding steroid dienone is 1. The molecule has 0 unspecified atom stereocenters. The highest BCUT2D eigenvalue weighted by molar-refractivity contribution is 7.89. The summed E-state index contributed by atoms with van der Waals surface area (Å²) in [5.74, 6) is 0. The predicted octanol–water partition coefficient (Wildman–Crippen LogP) is 1.99. The van der Waals surface area contributed by atoms with E-state index in [4.69, 9.17) is 0 Å². The van der Waals surface area contributed by atoms with E-state index < -0.39 is 10.0 Å². The molecule has 0 amide bonds. The maximum atomic E-state index is 12.5. The first kappa shape index (κ1) is 15.9. The fourth-order valence-electron chi connectivity index (χ4n) is 1.84. The van der Waals surface area contributed by atoms with Crippen LogP contribution in [-0.2, 0) is 16.6 Å². The zero-order valence-electron chi connectivity index (χ0n) is 11.6. The average Bonchev–Trinajstić information content (AvgIpc) is 2.39. The van der Waals surface area contributed by atoms with Crippen LogP contribution >= 0.6 is 0 Å². The first-order chi connectivity index (χ1) is 9.04. The van der Waals surface area contributed by atoms with Crippen molar-refractivity contribution >= 4 is 10.0 Å². The highest BCUT2D eigenvalue weighted by Crippen LogP contribution is 2.19. The molecule has 0 saturated carbocycles. The topological polar surface area (TPSA) is 49.4 Å². The second-order valence-corrected chi connectivity index (χ2v) is 6.41. The predicted molar refractivity (Wildman–Crippen MR) is 78.5 cm³/mol. The highest BCUT2D eigenvalue weighted by Gasteiger charge is 2.22. The quantitative estimate of drug-likeness (QED) is 0.586. The molecule has 0 radical (unpaired) electrons. The number of unbranched alkanes of at least 4 members (excludes halogenated alkanes) is 1. The van der Waals surface area contributed by atoms with Crippen molar-refractivity contribution in [1.82, 2.24) is 9.62 Å². The highest BCUT2D eigenvalue weighted by atomic mass is 32.2. The molecule has 4 nitrogen and oxygen atoms in total. The Morgan fingerprint density at radius 1 is 1.37 bits per heavy atom. The Hall–Kier alpha value is -1.17. The van der Waals surface area contributed by atoms with Crippen LogP contribution in [0.2, 0.25) is 0 Å². The van der Waals surface area contributed by atoms with Gasteiger partial charge in [0.15, 0.2) is 0 Å². The molecule has 0 saturated heterocycles. The Kier molecular flexibility index (Phi) is 6.21. The van der Waals surface area contributed by atoms with Crippen molar-refractivity contribution < 1.29 is 8.42 Å². The summed E-state index contributed by atoms with van der Waals surface area (Å²) in [6, 6.07) is 7.10. The zero-order chi connectivity index (χ0) is 14.3. The minimum Gasteiger partial charge on any atom is -0.316 e. The lowest BCUT2D eigenvalue weighted by atomic mass is 10.2. The van der Waals surface area contributed by atoms with Gasteiger partial charge < -0.3 is 5.32 Å². The van der Waals surface area contributed by atoms with Crippen molar-refractivity contribution in [3.05, 3.63) is 42.5 Å². The lowest BCUT2D eigenvalue weighted by Gasteiger charge is -2.19. The zero-order valence-corrected chi connectivity index (χ0v) is 12.4. The number of benzene rings is 1. The molecule has 0 heterocycles. The van der Waals surface area contributed by atoms with Gasteiger partial charge in [0, 0.05) is 20.1 Å². The van der Waals surface area contributed by atoms with Gasteiger partial charge in [-0.3, -0.25) is 0 Å². The number of rotatable bonds is 8. The standard InChI is InChI=1S/C14H22N2O2S/c1-4-5-8-11-16(3)19(17,18)14-10-7-6-9-13(14)12-15-2/h4,6-7,9-10,15H,1,5,8,11-12H2,2-3H3. The van der Waals surface area contributed by atoms with E-state index in [1.54, 1.807) is 32.3 Å². The molecule has 1 aromatic carbocycles. The van der Waals surface area contributed by atoms with Gasteiger partial charge >= 0.3 is 0 Å². The number of sulfonamides is 1. The molecule has 5 heteroatoms. The van der Waals surface area contributed by atoms with Gasteiger partial charge in [0.25, 0.3) is 0 Å². The minimum atomic E-state index is -3.41. The van der Waals surface area contributed by atoms with E-state index in [2.05, 4.69) is 11.9 Å². The third-order valence-electron chi connectivity index (χ3n) is 2.91. The minimum absolute atomic E-state index is 0.380. The van der Waals surface area contributed by atoms with Crippen molar-refractivity contribution in [3.63, 3.8) is 0 Å². The first-order valence-corrected chi connectivity index (χ1v) is 7.77. The summed E-state index contributed by atoms with van der Waals surface area (Å²) >= 11 is 0. The smallest absolute Gasteiger partial charge is 0.243 e. The first-order valence-electron chi connectivity index (χ1n) is 6.33. The summed E-state index contributed by atoms with van der Waals surface area (Å²) in [5.41, 5.74) is 0.792. The van der Waals surface area contributed by atoms with Crippen LogP contribution in [0.3, 0.4) is 0 Å². The summed E-state index contributed by atoms with van der Waals surface area (Å²) in [6.45, 7) is 4.68. The van der Waals surface area contributed by atoms with Crippen LogP contribution in [0.5, 0.6) is 0 Å². The van der Waals surface area contributed by atoms with Crippen LogP contribution in [0.4, 0.5) is 0 Å². The molecule has 0 aliphatic carbocycles. The van der Waals surface area contributed by atoms with Crippen LogP contribution in [0, 0.1) is 0 Å². The van der Waals surface area contributed by atoms with Crippen molar-refractivity contribution in [1.29, 1.82) is 0 Å². The molecule has 1 aromatic rings. The maximum Gasteiger partial charge on any atom is 0.243 e. The van der Waals surface area contributed by atoms with Gasteiger partial charge in [0.1, 0.15) is 0 Å². The fourth-order valence-corrected chi connectivity index (χ4v) is 3.27. The molecule has 1 rings (SSSR count). The van der Waals surface area contributed by atoms with Gasteiger partial charge in [0.05, 0.1) is 4.90 Å². The van der Waals surface area contributed by atoms with Crippen molar-refractivity contribution in [2.75, 3.05) is 20.6 Å². The molecule has 0 spiro atoms. The van der Waals surface area contributed by atoms with Crippen LogP contribution in [0.1, 0.15) is 18.4 Å². The SMILES string of the molecule is C=CCCCN(C)S(=O)(=O)c1ccccc1CNC. The Labute approximate surface area is 116 Å². The Morgan fingerprint density at radius 3 is 2.68 bits per heavy atom. The van der Waals surface area contributed by atoms with Gasteiger partial charge in [-0.1, -0.05) is 24.3 Å². The summed E-state index contributed by atoms with van der Waals surface area (Å²) in [5, 5.41) is 2.99. The van der Waals surface area contributed by atoms with E-state index in [0.717, 1.165) is 18.4 Å². The number of hydrogen-bond acceptors (Lipinski definition) is 3. The van der Waals surface area contributed by atoms with Gasteiger partial charge in [0.2, 0.25) is 10.0 Å². The van der Waals surface area contributed by atoms with E-state index in [-0.39, 0.29) is 0 Å². The van der Waals surface area contributed by atoms with E-state index in [9.17, 15) is 8.42 Å². The van der Waals surface area contributed by atoms with Crippen LogP contribution in [0.15, 0.2) is 41.8 Å². The van der Waals surface area contributed by atoms with Crippen LogP contribution < -0.4 is 5.32 Å². The molecular weight excluding hydrogens is 260 g/mol. The summed E-state index contributed by atoms with van der Waals surface area (Å²) < 4.78 is 26.4. The van der Waals surface area contributed by atoms with Crippen LogP contribution in [0.25, 0.3) is 0 Å². The van der Waals surface area contributed by atoms with E-state index in [1.165, 1.54) is 4.31 Å². The van der Waals surface area contributed by atoms with Crippen LogP contribution in [-0.4, -0.2) is 33.4 Å². The molecule has 0 atom stereocenters. The summed E-state index contributed by atoms with van der Waals surface area (Å²) in [6.07, 6.45) is 3.40. The maximum absolute atomic E-state index is 12.5. The Bertz CT molecular complexity index is 512. The van der Waals surface area contributed by atoms with Gasteiger partial charge in [-0.2, -0.15) is 0 Å². The molecular formula is C14H22N2O2S. The number of nitrogens with one attached hydrogen (secondary N) is 1. The van der Waals surface area contributed by atoms with Crippen molar-refractivity contribution in [2.24, 2.45) is 0 Å². The third-order valence-corrected chi connectivity index (χ3v) is 4.87. The molecule has 106 valence electrons. The average molecular weight is 282 g/mol. The van der Waals surface area contributed by atoms with E-state index >= 15 is 0 Å². The molecule has 19 heavy (non-hydrogen) atoms. The van der Waals surface area contributed by atoms with Crippen molar-refractivity contribution in [2.45, 2.75) is 24.3 Å². The molecule has 1 N–H and O–H groups in total. The molecule has 0 aromatic heterocycles. The molecule has 0 aliphatic rings. The fraction of sp³-hybridized carbons (Fsp3) is 0.429. The van der Waals surface area contributed by atoms with Crippen molar-refractivity contribution in [3.8, 4) is 0 Å². The lowest BCUT2D eigenvalue weighted by molar-refractivity contribution is 0.462. The molecule has 0 bridgehead atoms. The van der Waals surface area contributed by atoms with Gasteiger partial charge in [-0.05, 0) is 31.5 Å². The third kappa shape index (κ3) is 4.16. The van der Waals surface area contributed by atoms with E-state index in [1.807, 2.05) is 12.1 Å². The Balaban J connectivity index is 2.95. The second-order valence-electron chi connectivity index (χ2n) is 4.40. The second kappa shape index (κ2) is 7.43. The summed E-state index contributed by atoms with van der Waals surface area (Å²) in [4.78, 5) is 0.380. The number of hydrogen-bond donors (Lipinski definition) is 1. The monoisotopic (exact) mass is 282 g/mol. The number of nitrogens with zero attached hydrogens (tertiary/aromatic N) is 1. The van der Waals surface area contributed by atoms with Gasteiger partial charge in [-0.25, -0.2) is 12.7 Å². The lowest BCUT2D eigenvalue weighted by Crippen LogP contribution is -2.29. The normalized spacial score (nSPS) is 11.7. The summed E-state index contributed by atoms with van der Waals surface area (Å²) in [7, 11) is 0.00914. The largest absolute Gasteiger partial charge is 0.316 e. The van der Waals surface area contributed by atoms with E-state index in [0.29, 0.717) is 18.0 Å². The Morgan fingerprint density at radius 2 is 2.05 bits per heavy atom. The molecule has 0 fully saturated rings. The van der Waals surface area contributed by atoms with Gasteiger partial charge in [-0.15, -0.1) is 6.58 Å².